The molecule has 0 spiro atoms. The van der Waals surface area contributed by atoms with Gasteiger partial charge in [-0.3, -0.25) is 0 Å². The summed E-state index contributed by atoms with van der Waals surface area (Å²) in [7, 11) is 1.57. The van der Waals surface area contributed by atoms with Crippen LogP contribution in [0.4, 0.5) is 4.39 Å². The van der Waals surface area contributed by atoms with Crippen molar-refractivity contribution in [3.05, 3.63) is 53.8 Å². The molecule has 160 valence electrons. The molecule has 0 saturated heterocycles. The smallest absolute Gasteiger partial charge is 0.191 e. The number of methoxy groups -OCH3 is 1. The van der Waals surface area contributed by atoms with Crippen molar-refractivity contribution >= 4 is 29.9 Å². The lowest BCUT2D eigenvalue weighted by Crippen LogP contribution is -2.42. The summed E-state index contributed by atoms with van der Waals surface area (Å²) in [6.45, 7) is 5.36. The molecule has 2 aromatic carbocycles. The molecule has 2 rings (SSSR count). The van der Waals surface area contributed by atoms with E-state index >= 15 is 0 Å². The highest BCUT2D eigenvalue weighted by Gasteiger charge is 2.12. The number of phenols is 1. The molecule has 0 aliphatic rings. The van der Waals surface area contributed by atoms with Gasteiger partial charge in [0.1, 0.15) is 17.6 Å². The summed E-state index contributed by atoms with van der Waals surface area (Å²) in [6, 6.07) is 11.4. The molecule has 0 heterocycles. The van der Waals surface area contributed by atoms with E-state index in [1.807, 2.05) is 13.8 Å². The van der Waals surface area contributed by atoms with Gasteiger partial charge in [-0.15, -0.1) is 24.0 Å². The Balaban J connectivity index is 0.00000420. The quantitative estimate of drug-likeness (QED) is 0.266. The molecule has 8 heteroatoms. The van der Waals surface area contributed by atoms with E-state index in [1.54, 1.807) is 43.5 Å². The molecule has 2 aromatic rings. The summed E-state index contributed by atoms with van der Waals surface area (Å²) in [5.41, 5.74) is 0.659. The maximum absolute atomic E-state index is 13.8. The lowest BCUT2D eigenvalue weighted by atomic mass is 10.2. The fourth-order valence-electron chi connectivity index (χ4n) is 2.52. The molecule has 3 N–H and O–H groups in total. The van der Waals surface area contributed by atoms with E-state index < -0.39 is 0 Å². The Morgan fingerprint density at radius 2 is 1.93 bits per heavy atom. The van der Waals surface area contributed by atoms with Gasteiger partial charge in [0.25, 0.3) is 0 Å². The van der Waals surface area contributed by atoms with Crippen molar-refractivity contribution in [2.24, 2.45) is 4.99 Å². The van der Waals surface area contributed by atoms with Gasteiger partial charge in [0.2, 0.25) is 0 Å². The zero-order chi connectivity index (χ0) is 20.4. The molecular formula is C21H29FIN3O3. The van der Waals surface area contributed by atoms with Crippen molar-refractivity contribution in [2.45, 2.75) is 32.9 Å². The number of nitrogens with zero attached hydrogens (tertiary/aromatic N) is 1. The summed E-state index contributed by atoms with van der Waals surface area (Å²) in [4.78, 5) is 4.50. The van der Waals surface area contributed by atoms with Crippen LogP contribution in [0.15, 0.2) is 47.5 Å². The van der Waals surface area contributed by atoms with Crippen LogP contribution in [0.1, 0.15) is 25.8 Å². The Bertz CT molecular complexity index is 790. The van der Waals surface area contributed by atoms with E-state index in [9.17, 15) is 9.50 Å². The number of hydrogen-bond acceptors (Lipinski definition) is 4. The van der Waals surface area contributed by atoms with Crippen molar-refractivity contribution in [3.63, 3.8) is 0 Å². The van der Waals surface area contributed by atoms with E-state index in [0.29, 0.717) is 36.8 Å². The van der Waals surface area contributed by atoms with Gasteiger partial charge in [0, 0.05) is 12.1 Å². The molecule has 6 nitrogen and oxygen atoms in total. The second-order valence-corrected chi connectivity index (χ2v) is 6.15. The van der Waals surface area contributed by atoms with Crippen LogP contribution in [0.25, 0.3) is 0 Å². The summed E-state index contributed by atoms with van der Waals surface area (Å²) >= 11 is 0. The molecule has 0 fully saturated rings. The lowest BCUT2D eigenvalue weighted by Gasteiger charge is -2.20. The van der Waals surface area contributed by atoms with Gasteiger partial charge in [0.05, 0.1) is 20.2 Å². The van der Waals surface area contributed by atoms with Crippen LogP contribution in [0.3, 0.4) is 0 Å². The van der Waals surface area contributed by atoms with E-state index in [1.165, 1.54) is 6.07 Å². The fraction of sp³-hybridized carbons (Fsp3) is 0.381. The average Bonchev–Trinajstić information content (AvgIpc) is 2.71. The number of para-hydroxylation sites is 1. The predicted molar refractivity (Wildman–Crippen MR) is 124 cm³/mol. The normalized spacial score (nSPS) is 11.9. The minimum atomic E-state index is -0.380. The Morgan fingerprint density at radius 1 is 1.17 bits per heavy atom. The number of aliphatic imine (C=N–C) groups is 1. The van der Waals surface area contributed by atoms with Crippen LogP contribution in [0.2, 0.25) is 0 Å². The van der Waals surface area contributed by atoms with Gasteiger partial charge in [-0.05, 0) is 43.7 Å². The summed E-state index contributed by atoms with van der Waals surface area (Å²) < 4.78 is 24.7. The number of ether oxygens (including phenoxy) is 2. The van der Waals surface area contributed by atoms with Crippen LogP contribution in [0, 0.1) is 5.82 Å². The SMILES string of the molecule is CCNC(=NCc1cc(OC)ccc1O)NCC(CC)Oc1ccccc1F.I. The Labute approximate surface area is 188 Å². The highest BCUT2D eigenvalue weighted by Crippen LogP contribution is 2.23. The zero-order valence-electron chi connectivity index (χ0n) is 16.9. The minimum absolute atomic E-state index is 0. The van der Waals surface area contributed by atoms with E-state index in [2.05, 4.69) is 15.6 Å². The van der Waals surface area contributed by atoms with Crippen molar-refractivity contribution < 1.29 is 19.0 Å². The first-order chi connectivity index (χ1) is 13.6. The first-order valence-corrected chi connectivity index (χ1v) is 9.36. The molecule has 1 unspecified atom stereocenters. The predicted octanol–water partition coefficient (Wildman–Crippen LogP) is 4.07. The zero-order valence-corrected chi connectivity index (χ0v) is 19.3. The number of halogens is 2. The maximum atomic E-state index is 13.8. The summed E-state index contributed by atoms with van der Waals surface area (Å²) in [6.07, 6.45) is 0.489. The highest BCUT2D eigenvalue weighted by atomic mass is 127. The van der Waals surface area contributed by atoms with Crippen LogP contribution in [0.5, 0.6) is 17.2 Å². The Morgan fingerprint density at radius 3 is 2.59 bits per heavy atom. The first kappa shape index (κ1) is 24.8. The number of aromatic hydroxyl groups is 1. The summed E-state index contributed by atoms with van der Waals surface area (Å²) in [5, 5.41) is 16.4. The third-order valence-electron chi connectivity index (χ3n) is 4.12. The third-order valence-corrected chi connectivity index (χ3v) is 4.12. The van der Waals surface area contributed by atoms with Crippen LogP contribution in [-0.4, -0.2) is 37.4 Å². The van der Waals surface area contributed by atoms with Crippen molar-refractivity contribution in [1.82, 2.24) is 10.6 Å². The molecule has 0 aliphatic heterocycles. The fourth-order valence-corrected chi connectivity index (χ4v) is 2.52. The topological polar surface area (TPSA) is 75.1 Å². The second-order valence-electron chi connectivity index (χ2n) is 6.15. The van der Waals surface area contributed by atoms with Gasteiger partial charge in [-0.2, -0.15) is 0 Å². The maximum Gasteiger partial charge on any atom is 0.191 e. The van der Waals surface area contributed by atoms with Crippen molar-refractivity contribution in [1.29, 1.82) is 0 Å². The molecule has 0 saturated carbocycles. The standard InChI is InChI=1S/C21H28FN3O3.HI/c1-4-16(28-20-9-7-6-8-18(20)22)14-25-21(23-5-2)24-13-15-12-17(27-3)10-11-19(15)26;/h6-12,16,26H,4-5,13-14H2,1-3H3,(H2,23,24,25);1H. The van der Waals surface area contributed by atoms with Gasteiger partial charge < -0.3 is 25.2 Å². The molecule has 29 heavy (non-hydrogen) atoms. The second kappa shape index (κ2) is 13.1. The molecular weight excluding hydrogens is 488 g/mol. The van der Waals surface area contributed by atoms with E-state index in [4.69, 9.17) is 9.47 Å². The van der Waals surface area contributed by atoms with Crippen LogP contribution >= 0.6 is 24.0 Å². The van der Waals surface area contributed by atoms with Crippen molar-refractivity contribution in [3.8, 4) is 17.2 Å². The molecule has 0 amide bonds. The number of benzene rings is 2. The van der Waals surface area contributed by atoms with Crippen molar-refractivity contribution in [2.75, 3.05) is 20.2 Å². The number of nitrogens with one attached hydrogen (secondary N) is 2. The monoisotopic (exact) mass is 517 g/mol. The molecule has 0 radical (unpaired) electrons. The Hall–Kier alpha value is -2.23. The first-order valence-electron chi connectivity index (χ1n) is 9.36. The Kier molecular flexibility index (Phi) is 11.2. The number of phenolic OH excluding ortho intramolecular Hbond substituents is 1. The van der Waals surface area contributed by atoms with Crippen LogP contribution in [-0.2, 0) is 6.54 Å². The van der Waals surface area contributed by atoms with Crippen LogP contribution < -0.4 is 20.1 Å². The third kappa shape index (κ3) is 7.96. The van der Waals surface area contributed by atoms with Gasteiger partial charge in [-0.25, -0.2) is 9.38 Å². The van der Waals surface area contributed by atoms with Gasteiger partial charge >= 0.3 is 0 Å². The molecule has 0 bridgehead atoms. The average molecular weight is 517 g/mol. The largest absolute Gasteiger partial charge is 0.508 e. The molecule has 0 aromatic heterocycles. The summed E-state index contributed by atoms with van der Waals surface area (Å²) in [5.74, 6) is 1.26. The number of guanidine groups is 1. The van der Waals surface area contributed by atoms with E-state index in [-0.39, 0.29) is 53.9 Å². The van der Waals surface area contributed by atoms with E-state index in [0.717, 1.165) is 0 Å². The van der Waals surface area contributed by atoms with Gasteiger partial charge in [0.15, 0.2) is 17.5 Å². The van der Waals surface area contributed by atoms with Gasteiger partial charge in [-0.1, -0.05) is 19.1 Å². The number of rotatable bonds is 9. The lowest BCUT2D eigenvalue weighted by molar-refractivity contribution is 0.191. The number of hydrogen-bond donors (Lipinski definition) is 3. The minimum Gasteiger partial charge on any atom is -0.508 e. The highest BCUT2D eigenvalue weighted by molar-refractivity contribution is 14.0. The molecule has 1 atom stereocenters. The molecule has 0 aliphatic carbocycles.